The molecule has 0 spiro atoms. The Morgan fingerprint density at radius 2 is 2.09 bits per heavy atom. The minimum Gasteiger partial charge on any atom is -0.494 e. The van der Waals surface area contributed by atoms with Gasteiger partial charge < -0.3 is 14.6 Å². The molecule has 3 heterocycles. The number of nitrogens with zero attached hydrogens (tertiary/aromatic N) is 4. The summed E-state index contributed by atoms with van der Waals surface area (Å²) in [6.45, 7) is 4.63. The number of aromatic amines is 1. The first-order valence-electron chi connectivity index (χ1n) is 11.2. The molecule has 1 fully saturated rings. The fourth-order valence-electron chi connectivity index (χ4n) is 4.18. The fraction of sp³-hybridized carbons (Fsp3) is 0.333. The Morgan fingerprint density at radius 1 is 1.21 bits per heavy atom. The van der Waals surface area contributed by atoms with Gasteiger partial charge >= 0.3 is 0 Å². The number of anilines is 2. The molecular formula is C24H26N6O4. The summed E-state index contributed by atoms with van der Waals surface area (Å²) < 4.78 is 11.2. The number of nitrogens with one attached hydrogen (secondary N) is 2. The third kappa shape index (κ3) is 4.50. The van der Waals surface area contributed by atoms with Crippen molar-refractivity contribution < 1.29 is 14.6 Å². The number of methoxy groups -OCH3 is 1. The lowest BCUT2D eigenvalue weighted by Gasteiger charge is -2.15. The van der Waals surface area contributed by atoms with Gasteiger partial charge in [0, 0.05) is 25.0 Å². The molecular weight excluding hydrogens is 436 g/mol. The molecule has 0 bridgehead atoms. The molecule has 1 aliphatic rings. The average molecular weight is 463 g/mol. The Hall–Kier alpha value is -3.76. The van der Waals surface area contributed by atoms with E-state index < -0.39 is 0 Å². The molecule has 0 saturated carbocycles. The van der Waals surface area contributed by atoms with E-state index in [2.05, 4.69) is 30.2 Å². The molecule has 2 aromatic carbocycles. The number of β-amino-alcohol motifs (C(OH)–C–C–N with tert-alkyl or cyclic N) is 1. The van der Waals surface area contributed by atoms with Crippen LogP contribution in [0, 0.1) is 6.92 Å². The second-order valence-corrected chi connectivity index (χ2v) is 8.30. The first-order chi connectivity index (χ1) is 16.5. The maximum atomic E-state index is 12.8. The molecule has 0 aliphatic carbocycles. The summed E-state index contributed by atoms with van der Waals surface area (Å²) in [5, 5.41) is 13.9. The number of aliphatic hydroxyl groups is 1. The molecule has 0 amide bonds. The number of fused-ring (bicyclic) bond motifs is 2. The van der Waals surface area contributed by atoms with E-state index in [1.807, 2.05) is 25.1 Å². The molecule has 3 N–H and O–H groups in total. The molecule has 176 valence electrons. The Bertz CT molecular complexity index is 1410. The van der Waals surface area contributed by atoms with Crippen molar-refractivity contribution >= 4 is 33.7 Å². The molecule has 2 aromatic heterocycles. The van der Waals surface area contributed by atoms with Gasteiger partial charge in [-0.2, -0.15) is 0 Å². The van der Waals surface area contributed by atoms with Crippen LogP contribution in [0.15, 0.2) is 41.2 Å². The molecule has 1 aliphatic heterocycles. The summed E-state index contributed by atoms with van der Waals surface area (Å²) in [4.78, 5) is 31.2. The largest absolute Gasteiger partial charge is 0.494 e. The minimum absolute atomic E-state index is 0.243. The van der Waals surface area contributed by atoms with Crippen LogP contribution >= 0.6 is 0 Å². The summed E-state index contributed by atoms with van der Waals surface area (Å²) in [5.74, 6) is 1.79. The molecule has 0 radical (unpaired) electrons. The lowest BCUT2D eigenvalue weighted by molar-refractivity contribution is 0.167. The van der Waals surface area contributed by atoms with Crippen molar-refractivity contribution in [1.29, 1.82) is 0 Å². The topological polar surface area (TPSA) is 125 Å². The summed E-state index contributed by atoms with van der Waals surface area (Å²) in [6.07, 6.45) is 0.546. The molecule has 34 heavy (non-hydrogen) atoms. The maximum absolute atomic E-state index is 12.8. The summed E-state index contributed by atoms with van der Waals surface area (Å²) in [6, 6.07) is 10.9. The number of hydrogen-bond donors (Lipinski definition) is 3. The van der Waals surface area contributed by atoms with Crippen molar-refractivity contribution in [2.75, 3.05) is 38.7 Å². The van der Waals surface area contributed by atoms with Crippen molar-refractivity contribution in [2.24, 2.45) is 0 Å². The number of H-pyrrole nitrogens is 1. The number of para-hydroxylation sites is 1. The van der Waals surface area contributed by atoms with Crippen LogP contribution in [-0.4, -0.2) is 69.4 Å². The number of aromatic nitrogens is 4. The molecule has 5 rings (SSSR count). The van der Waals surface area contributed by atoms with Gasteiger partial charge in [0.25, 0.3) is 5.56 Å². The maximum Gasteiger partial charge on any atom is 0.260 e. The van der Waals surface area contributed by atoms with E-state index in [0.29, 0.717) is 47.0 Å². The number of aliphatic hydroxyl groups excluding tert-OH is 1. The van der Waals surface area contributed by atoms with Crippen LogP contribution in [0.2, 0.25) is 0 Å². The summed E-state index contributed by atoms with van der Waals surface area (Å²) >= 11 is 0. The van der Waals surface area contributed by atoms with Crippen LogP contribution < -0.4 is 20.3 Å². The zero-order chi connectivity index (χ0) is 23.7. The van der Waals surface area contributed by atoms with E-state index in [0.717, 1.165) is 30.6 Å². The summed E-state index contributed by atoms with van der Waals surface area (Å²) in [7, 11) is 1.59. The SMILES string of the molecule is COc1cccc2c(C)nc(Nc3nc4ccc(OCCN5CCC(O)C5)cc4c(=O)[nH]3)nc12. The standard InChI is InChI=1S/C24H26N6O4/c1-14-17-4-3-5-20(33-2)21(17)27-23(25-14)29-24-26-19-7-6-16(12-18(19)22(32)28-24)34-11-10-30-9-8-15(31)13-30/h3-7,12,15,31H,8-11,13H2,1-2H3,(H2,25,26,27,28,29,32). The molecule has 10 heteroatoms. The van der Waals surface area contributed by atoms with Crippen LogP contribution in [0.1, 0.15) is 12.1 Å². The normalized spacial score (nSPS) is 16.3. The fourth-order valence-corrected chi connectivity index (χ4v) is 4.18. The van der Waals surface area contributed by atoms with Gasteiger partial charge in [0.05, 0.1) is 29.8 Å². The first kappa shape index (κ1) is 22.1. The minimum atomic E-state index is -0.296. The van der Waals surface area contributed by atoms with Gasteiger partial charge in [-0.3, -0.25) is 20.0 Å². The number of hydrogen-bond acceptors (Lipinski definition) is 9. The quantitative estimate of drug-likeness (QED) is 0.379. The van der Waals surface area contributed by atoms with Crippen molar-refractivity contribution in [3.63, 3.8) is 0 Å². The van der Waals surface area contributed by atoms with Gasteiger partial charge in [-0.15, -0.1) is 0 Å². The van der Waals surface area contributed by atoms with E-state index in [1.165, 1.54) is 0 Å². The number of ether oxygens (including phenoxy) is 2. The van der Waals surface area contributed by atoms with Crippen LogP contribution in [0.4, 0.5) is 11.9 Å². The van der Waals surface area contributed by atoms with Crippen molar-refractivity contribution in [1.82, 2.24) is 24.8 Å². The van der Waals surface area contributed by atoms with Gasteiger partial charge in [-0.05, 0) is 37.6 Å². The predicted molar refractivity (Wildman–Crippen MR) is 129 cm³/mol. The highest BCUT2D eigenvalue weighted by Crippen LogP contribution is 2.27. The highest BCUT2D eigenvalue weighted by Gasteiger charge is 2.19. The number of rotatable bonds is 7. The van der Waals surface area contributed by atoms with Crippen molar-refractivity contribution in [2.45, 2.75) is 19.4 Å². The predicted octanol–water partition coefficient (Wildman–Crippen LogP) is 2.37. The molecule has 1 unspecified atom stereocenters. The lowest BCUT2D eigenvalue weighted by Crippen LogP contribution is -2.27. The van der Waals surface area contributed by atoms with E-state index in [-0.39, 0.29) is 17.6 Å². The van der Waals surface area contributed by atoms with Crippen LogP contribution in [0.5, 0.6) is 11.5 Å². The Kier molecular flexibility index (Phi) is 5.99. The van der Waals surface area contributed by atoms with E-state index in [1.54, 1.807) is 25.3 Å². The van der Waals surface area contributed by atoms with Crippen LogP contribution in [0.25, 0.3) is 21.8 Å². The van der Waals surface area contributed by atoms with Gasteiger partial charge in [0.2, 0.25) is 11.9 Å². The molecule has 10 nitrogen and oxygen atoms in total. The number of aryl methyl sites for hydroxylation is 1. The monoisotopic (exact) mass is 462 g/mol. The molecule has 1 saturated heterocycles. The van der Waals surface area contributed by atoms with E-state index in [9.17, 15) is 9.90 Å². The zero-order valence-corrected chi connectivity index (χ0v) is 19.0. The average Bonchev–Trinajstić information content (AvgIpc) is 3.24. The third-order valence-electron chi connectivity index (χ3n) is 5.93. The van der Waals surface area contributed by atoms with Gasteiger partial charge in [-0.1, -0.05) is 12.1 Å². The van der Waals surface area contributed by atoms with Gasteiger partial charge in [-0.25, -0.2) is 15.0 Å². The first-order valence-corrected chi connectivity index (χ1v) is 11.2. The van der Waals surface area contributed by atoms with Crippen molar-refractivity contribution in [3.8, 4) is 11.5 Å². The van der Waals surface area contributed by atoms with Gasteiger partial charge in [0.15, 0.2) is 0 Å². The molecule has 1 atom stereocenters. The van der Waals surface area contributed by atoms with Gasteiger partial charge in [0.1, 0.15) is 23.6 Å². The summed E-state index contributed by atoms with van der Waals surface area (Å²) in [5.41, 5.74) is 1.68. The Morgan fingerprint density at radius 3 is 2.88 bits per heavy atom. The number of benzene rings is 2. The smallest absolute Gasteiger partial charge is 0.260 e. The Balaban J connectivity index is 1.35. The van der Waals surface area contributed by atoms with E-state index >= 15 is 0 Å². The highest BCUT2D eigenvalue weighted by molar-refractivity contribution is 5.87. The van der Waals surface area contributed by atoms with Crippen LogP contribution in [0.3, 0.4) is 0 Å². The second kappa shape index (κ2) is 9.24. The zero-order valence-electron chi connectivity index (χ0n) is 19.0. The molecule has 4 aromatic rings. The van der Waals surface area contributed by atoms with E-state index in [4.69, 9.17) is 9.47 Å². The highest BCUT2D eigenvalue weighted by atomic mass is 16.5. The number of likely N-dealkylation sites (tertiary alicyclic amines) is 1. The van der Waals surface area contributed by atoms with Crippen LogP contribution in [-0.2, 0) is 0 Å². The van der Waals surface area contributed by atoms with Crippen molar-refractivity contribution in [3.05, 3.63) is 52.4 Å². The Labute approximate surface area is 195 Å². The lowest BCUT2D eigenvalue weighted by atomic mass is 10.2. The third-order valence-corrected chi connectivity index (χ3v) is 5.93. The second-order valence-electron chi connectivity index (χ2n) is 8.30.